The maximum absolute atomic E-state index is 11.4. The highest BCUT2D eigenvalue weighted by Crippen LogP contribution is 2.32. The molecule has 0 bridgehead atoms. The normalized spacial score (nSPS) is 19.1. The van der Waals surface area contributed by atoms with E-state index in [9.17, 15) is 8.42 Å². The van der Waals surface area contributed by atoms with Crippen LogP contribution in [0.1, 0.15) is 12.8 Å². The SMILES string of the molecule is CN(C)S(=O)(=O)NC(CN)C1CC1.Cl. The fourth-order valence-corrected chi connectivity index (χ4v) is 2.01. The van der Waals surface area contributed by atoms with Gasteiger partial charge in [-0.1, -0.05) is 0 Å². The quantitative estimate of drug-likeness (QED) is 0.686. The molecular weight excluding hydrogens is 226 g/mol. The Balaban J connectivity index is 0.00000169. The third-order valence-electron chi connectivity index (χ3n) is 2.23. The van der Waals surface area contributed by atoms with Crippen LogP contribution in [0.5, 0.6) is 0 Å². The second-order valence-electron chi connectivity index (χ2n) is 3.58. The first-order chi connectivity index (χ1) is 5.97. The maximum Gasteiger partial charge on any atom is 0.279 e. The van der Waals surface area contributed by atoms with Crippen LogP contribution in [0.2, 0.25) is 0 Å². The summed E-state index contributed by atoms with van der Waals surface area (Å²) in [6.07, 6.45) is 2.16. The van der Waals surface area contributed by atoms with Gasteiger partial charge in [0.05, 0.1) is 0 Å². The van der Waals surface area contributed by atoms with E-state index in [1.807, 2.05) is 0 Å². The summed E-state index contributed by atoms with van der Waals surface area (Å²) >= 11 is 0. The lowest BCUT2D eigenvalue weighted by atomic mass is 10.2. The van der Waals surface area contributed by atoms with E-state index in [0.717, 1.165) is 17.1 Å². The Morgan fingerprint density at radius 1 is 1.50 bits per heavy atom. The number of rotatable bonds is 5. The molecule has 0 aliphatic heterocycles. The lowest BCUT2D eigenvalue weighted by molar-refractivity contribution is 0.470. The molecule has 5 nitrogen and oxygen atoms in total. The molecule has 14 heavy (non-hydrogen) atoms. The van der Waals surface area contributed by atoms with E-state index in [0.29, 0.717) is 12.5 Å². The highest BCUT2D eigenvalue weighted by atomic mass is 35.5. The molecule has 1 fully saturated rings. The first-order valence-corrected chi connectivity index (χ1v) is 5.81. The van der Waals surface area contributed by atoms with E-state index in [1.165, 1.54) is 14.1 Å². The summed E-state index contributed by atoms with van der Waals surface area (Å²) in [5.41, 5.74) is 5.48. The Labute approximate surface area is 91.6 Å². The summed E-state index contributed by atoms with van der Waals surface area (Å²) in [5.74, 6) is 0.444. The summed E-state index contributed by atoms with van der Waals surface area (Å²) in [5, 5.41) is 0. The first-order valence-electron chi connectivity index (χ1n) is 4.37. The van der Waals surface area contributed by atoms with Gasteiger partial charge in [-0.25, -0.2) is 0 Å². The van der Waals surface area contributed by atoms with Gasteiger partial charge in [0.2, 0.25) is 0 Å². The molecule has 1 unspecified atom stereocenters. The first kappa shape index (κ1) is 14.1. The van der Waals surface area contributed by atoms with Crippen LogP contribution >= 0.6 is 12.4 Å². The topological polar surface area (TPSA) is 75.4 Å². The number of halogens is 1. The van der Waals surface area contributed by atoms with E-state index in [1.54, 1.807) is 0 Å². The highest BCUT2D eigenvalue weighted by Gasteiger charge is 2.33. The molecule has 1 saturated carbocycles. The lowest BCUT2D eigenvalue weighted by Crippen LogP contribution is -2.46. The van der Waals surface area contributed by atoms with Gasteiger partial charge < -0.3 is 5.73 Å². The third kappa shape index (κ3) is 3.70. The second-order valence-corrected chi connectivity index (χ2v) is 5.50. The van der Waals surface area contributed by atoms with Crippen molar-refractivity contribution in [2.45, 2.75) is 18.9 Å². The molecule has 0 heterocycles. The molecule has 1 rings (SSSR count). The number of nitrogens with one attached hydrogen (secondary N) is 1. The largest absolute Gasteiger partial charge is 0.329 e. The summed E-state index contributed by atoms with van der Waals surface area (Å²) < 4.78 is 26.5. The fourth-order valence-electron chi connectivity index (χ4n) is 1.13. The van der Waals surface area contributed by atoms with Gasteiger partial charge in [0.1, 0.15) is 0 Å². The molecule has 7 heteroatoms. The zero-order valence-corrected chi connectivity index (χ0v) is 10.1. The Hall–Kier alpha value is 0.120. The van der Waals surface area contributed by atoms with Crippen LogP contribution in [0.3, 0.4) is 0 Å². The van der Waals surface area contributed by atoms with Crippen molar-refractivity contribution < 1.29 is 8.42 Å². The molecule has 0 aromatic rings. The highest BCUT2D eigenvalue weighted by molar-refractivity contribution is 7.87. The average Bonchev–Trinajstić information content (AvgIpc) is 2.82. The summed E-state index contributed by atoms with van der Waals surface area (Å²) in [6.45, 7) is 0.373. The Morgan fingerprint density at radius 3 is 2.29 bits per heavy atom. The van der Waals surface area contributed by atoms with Crippen LogP contribution in [0.25, 0.3) is 0 Å². The smallest absolute Gasteiger partial charge is 0.279 e. The monoisotopic (exact) mass is 243 g/mol. The van der Waals surface area contributed by atoms with Crippen LogP contribution in [-0.2, 0) is 10.2 Å². The Kier molecular flexibility index (Phi) is 5.32. The van der Waals surface area contributed by atoms with Gasteiger partial charge in [-0.2, -0.15) is 17.4 Å². The number of hydrogen-bond donors (Lipinski definition) is 2. The van der Waals surface area contributed by atoms with Gasteiger partial charge in [0.25, 0.3) is 10.2 Å². The number of nitrogens with zero attached hydrogens (tertiary/aromatic N) is 1. The van der Waals surface area contributed by atoms with Gasteiger partial charge >= 0.3 is 0 Å². The summed E-state index contributed by atoms with van der Waals surface area (Å²) in [6, 6.07) is -0.0904. The third-order valence-corrected chi connectivity index (χ3v) is 3.79. The van der Waals surface area contributed by atoms with Crippen LogP contribution in [0, 0.1) is 5.92 Å². The molecule has 3 N–H and O–H groups in total. The molecule has 1 aliphatic carbocycles. The number of nitrogens with two attached hydrogens (primary N) is 1. The maximum atomic E-state index is 11.4. The van der Waals surface area contributed by atoms with Crippen LogP contribution in [0.15, 0.2) is 0 Å². The van der Waals surface area contributed by atoms with Crippen molar-refractivity contribution in [3.8, 4) is 0 Å². The zero-order chi connectivity index (χ0) is 10.1. The Morgan fingerprint density at radius 2 is 2.00 bits per heavy atom. The summed E-state index contributed by atoms with van der Waals surface area (Å²) in [4.78, 5) is 0. The fraction of sp³-hybridized carbons (Fsp3) is 1.00. The minimum atomic E-state index is -3.31. The molecule has 0 radical (unpaired) electrons. The zero-order valence-electron chi connectivity index (χ0n) is 8.43. The van der Waals surface area contributed by atoms with Crippen molar-refractivity contribution in [3.63, 3.8) is 0 Å². The summed E-state index contributed by atoms with van der Waals surface area (Å²) in [7, 11) is -0.306. The van der Waals surface area contributed by atoms with Gasteiger partial charge in [-0.15, -0.1) is 12.4 Å². The van der Waals surface area contributed by atoms with Crippen LogP contribution in [0.4, 0.5) is 0 Å². The minimum Gasteiger partial charge on any atom is -0.329 e. The molecule has 0 spiro atoms. The molecular formula is C7H18ClN3O2S. The molecule has 0 saturated heterocycles. The van der Waals surface area contributed by atoms with Gasteiger partial charge in [0.15, 0.2) is 0 Å². The molecule has 1 aliphatic rings. The number of hydrogen-bond acceptors (Lipinski definition) is 3. The molecule has 1 atom stereocenters. The van der Waals surface area contributed by atoms with Crippen molar-refractivity contribution in [3.05, 3.63) is 0 Å². The Bertz CT molecular complexity index is 264. The van der Waals surface area contributed by atoms with Crippen molar-refractivity contribution in [1.29, 1.82) is 0 Å². The van der Waals surface area contributed by atoms with E-state index in [2.05, 4.69) is 4.72 Å². The van der Waals surface area contributed by atoms with E-state index in [4.69, 9.17) is 5.73 Å². The van der Waals surface area contributed by atoms with Crippen LogP contribution in [-0.4, -0.2) is 39.4 Å². The van der Waals surface area contributed by atoms with E-state index >= 15 is 0 Å². The minimum absolute atomic E-state index is 0. The van der Waals surface area contributed by atoms with Gasteiger partial charge in [-0.3, -0.25) is 0 Å². The van der Waals surface area contributed by atoms with Crippen molar-refractivity contribution in [2.24, 2.45) is 11.7 Å². The van der Waals surface area contributed by atoms with Gasteiger partial charge in [0, 0.05) is 26.7 Å². The van der Waals surface area contributed by atoms with E-state index < -0.39 is 10.2 Å². The molecule has 0 amide bonds. The standard InChI is InChI=1S/C7H17N3O2S.ClH/c1-10(2)13(11,12)9-7(5-8)6-3-4-6;/h6-7,9H,3-5,8H2,1-2H3;1H. The van der Waals surface area contributed by atoms with Crippen molar-refractivity contribution >= 4 is 22.6 Å². The molecule has 86 valence electrons. The predicted molar refractivity (Wildman–Crippen MR) is 58.6 cm³/mol. The molecule has 0 aromatic heterocycles. The average molecular weight is 244 g/mol. The van der Waals surface area contributed by atoms with Crippen LogP contribution < -0.4 is 10.5 Å². The van der Waals surface area contributed by atoms with Crippen molar-refractivity contribution in [1.82, 2.24) is 9.03 Å². The van der Waals surface area contributed by atoms with Gasteiger partial charge in [-0.05, 0) is 18.8 Å². The lowest BCUT2D eigenvalue weighted by Gasteiger charge is -2.19. The second kappa shape index (κ2) is 5.27. The predicted octanol–water partition coefficient (Wildman–Crippen LogP) is -0.458. The van der Waals surface area contributed by atoms with E-state index in [-0.39, 0.29) is 18.4 Å². The molecule has 0 aromatic carbocycles. The van der Waals surface area contributed by atoms with Crippen molar-refractivity contribution in [2.75, 3.05) is 20.6 Å².